The molecule has 2 rings (SSSR count). The molecule has 6 nitrogen and oxygen atoms in total. The fourth-order valence-electron chi connectivity index (χ4n) is 3.86. The predicted octanol–water partition coefficient (Wildman–Crippen LogP) is 5.18. The first-order chi connectivity index (χ1) is 14.8. The first-order valence-corrected chi connectivity index (χ1v) is 10.7. The van der Waals surface area contributed by atoms with Gasteiger partial charge in [0, 0.05) is 50.0 Å². The molecule has 1 aromatic heterocycles. The Morgan fingerprint density at radius 2 is 2.03 bits per heavy atom. The van der Waals surface area contributed by atoms with Gasteiger partial charge in [-0.05, 0) is 63.9 Å². The van der Waals surface area contributed by atoms with Crippen LogP contribution in [0, 0.1) is 6.92 Å². The van der Waals surface area contributed by atoms with Gasteiger partial charge in [0.15, 0.2) is 0 Å². The normalized spacial score (nSPS) is 13.5. The van der Waals surface area contributed by atoms with E-state index in [1.54, 1.807) is 0 Å². The Morgan fingerprint density at radius 1 is 1.32 bits per heavy atom. The smallest absolute Gasteiger partial charge is 0.105 e. The van der Waals surface area contributed by atoms with Gasteiger partial charge in [0.25, 0.3) is 0 Å². The van der Waals surface area contributed by atoms with Crippen molar-refractivity contribution >= 4 is 24.7 Å². The van der Waals surface area contributed by atoms with Crippen molar-refractivity contribution in [1.29, 1.82) is 0 Å². The number of hydrogen-bond acceptors (Lipinski definition) is 5. The summed E-state index contributed by atoms with van der Waals surface area (Å²) in [6.07, 6.45) is 5.66. The highest BCUT2D eigenvalue weighted by Gasteiger charge is 2.26. The maximum Gasteiger partial charge on any atom is 0.105 e. The zero-order chi connectivity index (χ0) is 23.1. The summed E-state index contributed by atoms with van der Waals surface area (Å²) in [5, 5.41) is 0. The summed E-state index contributed by atoms with van der Waals surface area (Å²) in [5.74, 6) is 0.888. The highest BCUT2D eigenvalue weighted by Crippen LogP contribution is 2.38. The molecule has 0 fully saturated rings. The van der Waals surface area contributed by atoms with Crippen LogP contribution in [-0.4, -0.2) is 41.5 Å². The van der Waals surface area contributed by atoms with E-state index in [1.165, 1.54) is 0 Å². The van der Waals surface area contributed by atoms with Gasteiger partial charge in [0.2, 0.25) is 0 Å². The summed E-state index contributed by atoms with van der Waals surface area (Å²) >= 11 is 0. The molecular weight excluding hydrogens is 384 g/mol. The van der Waals surface area contributed by atoms with E-state index in [1.807, 2.05) is 39.4 Å². The number of nitrogens with zero attached hydrogens (tertiary/aromatic N) is 5. The van der Waals surface area contributed by atoms with E-state index >= 15 is 0 Å². The lowest BCUT2D eigenvalue weighted by atomic mass is 9.88. The van der Waals surface area contributed by atoms with E-state index in [9.17, 15) is 0 Å². The minimum absolute atomic E-state index is 0.0692. The van der Waals surface area contributed by atoms with Gasteiger partial charge < -0.3 is 15.2 Å². The molecule has 0 amide bonds. The molecular formula is C25H36N6. The molecule has 1 heterocycles. The standard InChI is InChI=1S/C25H36N6/c1-9-11-20(17(3)26)21-14-19(12-13-22(21)28-6)25(23(15-27-5)30(7)10-2)24-16-29-18(4)31(24)8/h12-16,25H,5-6,9-11,26H2,1-4,7-8H3/b20-17+,23-15-. The molecule has 1 aromatic carbocycles. The number of nitrogens with two attached hydrogens (primary N) is 1. The molecule has 0 bridgehead atoms. The molecule has 0 aliphatic rings. The number of hydrogen-bond donors (Lipinski definition) is 1. The second-order valence-electron chi connectivity index (χ2n) is 7.82. The molecule has 2 aromatic rings. The Balaban J connectivity index is 2.83. The van der Waals surface area contributed by atoms with Gasteiger partial charge in [-0.1, -0.05) is 19.4 Å². The number of likely N-dealkylation sites (N-methyl/N-ethyl adjacent to an activating group) is 1. The number of aromatic nitrogens is 2. The van der Waals surface area contributed by atoms with Crippen LogP contribution in [0.4, 0.5) is 5.69 Å². The number of benzene rings is 1. The Kier molecular flexibility index (Phi) is 8.37. The quantitative estimate of drug-likeness (QED) is 0.539. The highest BCUT2D eigenvalue weighted by molar-refractivity contribution is 5.78. The van der Waals surface area contributed by atoms with Gasteiger partial charge in [0.1, 0.15) is 5.82 Å². The molecule has 0 saturated heterocycles. The topological polar surface area (TPSA) is 71.8 Å². The average molecular weight is 421 g/mol. The molecule has 6 heteroatoms. The van der Waals surface area contributed by atoms with Crippen molar-refractivity contribution in [3.8, 4) is 0 Å². The monoisotopic (exact) mass is 420 g/mol. The number of imidazole rings is 1. The maximum absolute atomic E-state index is 6.28. The first kappa shape index (κ1) is 24.1. The maximum atomic E-state index is 6.28. The molecule has 166 valence electrons. The fraction of sp³-hybridized carbons (Fsp3) is 0.400. The molecule has 0 saturated carbocycles. The third-order valence-electron chi connectivity index (χ3n) is 5.81. The number of rotatable bonds is 10. The Labute approximate surface area is 186 Å². The van der Waals surface area contributed by atoms with E-state index in [2.05, 4.69) is 70.9 Å². The minimum Gasteiger partial charge on any atom is -0.402 e. The first-order valence-electron chi connectivity index (χ1n) is 10.7. The van der Waals surface area contributed by atoms with Crippen molar-refractivity contribution in [2.24, 2.45) is 22.8 Å². The van der Waals surface area contributed by atoms with Crippen molar-refractivity contribution in [3.63, 3.8) is 0 Å². The van der Waals surface area contributed by atoms with Crippen LogP contribution in [0.15, 0.2) is 52.0 Å². The zero-order valence-electron chi connectivity index (χ0n) is 19.8. The van der Waals surface area contributed by atoms with E-state index < -0.39 is 0 Å². The van der Waals surface area contributed by atoms with Crippen LogP contribution in [0.2, 0.25) is 0 Å². The summed E-state index contributed by atoms with van der Waals surface area (Å²) in [7, 11) is 4.11. The zero-order valence-corrected chi connectivity index (χ0v) is 19.8. The molecule has 2 N–H and O–H groups in total. The lowest BCUT2D eigenvalue weighted by Gasteiger charge is -2.29. The SMILES string of the molecule is C=N/C=C(/C(c1ccc(N=C)c(/C(CCC)=C(\C)N)c1)c1cnc(C)n1C)N(C)CC. The van der Waals surface area contributed by atoms with Crippen LogP contribution in [0.25, 0.3) is 5.57 Å². The lowest BCUT2D eigenvalue weighted by Crippen LogP contribution is -2.24. The third-order valence-corrected chi connectivity index (χ3v) is 5.81. The Bertz CT molecular complexity index is 991. The molecule has 0 aliphatic carbocycles. The summed E-state index contributed by atoms with van der Waals surface area (Å²) in [4.78, 5) is 15.1. The van der Waals surface area contributed by atoms with Crippen molar-refractivity contribution in [1.82, 2.24) is 14.5 Å². The summed E-state index contributed by atoms with van der Waals surface area (Å²) in [6, 6.07) is 6.33. The highest BCUT2D eigenvalue weighted by atomic mass is 15.1. The predicted molar refractivity (Wildman–Crippen MR) is 133 cm³/mol. The second-order valence-corrected chi connectivity index (χ2v) is 7.82. The lowest BCUT2D eigenvalue weighted by molar-refractivity contribution is 0.413. The van der Waals surface area contributed by atoms with Crippen LogP contribution in [0.5, 0.6) is 0 Å². The van der Waals surface area contributed by atoms with Crippen molar-refractivity contribution in [2.75, 3.05) is 13.6 Å². The molecule has 31 heavy (non-hydrogen) atoms. The van der Waals surface area contributed by atoms with E-state index in [0.717, 1.165) is 64.7 Å². The van der Waals surface area contributed by atoms with Gasteiger partial charge in [0.05, 0.1) is 17.3 Å². The largest absolute Gasteiger partial charge is 0.402 e. The number of allylic oxidation sites excluding steroid dienone is 3. The van der Waals surface area contributed by atoms with E-state index in [4.69, 9.17) is 5.73 Å². The Morgan fingerprint density at radius 3 is 2.52 bits per heavy atom. The van der Waals surface area contributed by atoms with Gasteiger partial charge in [-0.15, -0.1) is 0 Å². The summed E-state index contributed by atoms with van der Waals surface area (Å²) < 4.78 is 2.13. The number of aryl methyl sites for hydroxylation is 1. The summed E-state index contributed by atoms with van der Waals surface area (Å²) in [6.45, 7) is 16.6. The minimum atomic E-state index is -0.0692. The molecule has 1 atom stereocenters. The second kappa shape index (κ2) is 10.8. The van der Waals surface area contributed by atoms with Crippen LogP contribution < -0.4 is 5.73 Å². The summed E-state index contributed by atoms with van der Waals surface area (Å²) in [5.41, 5.74) is 13.3. The van der Waals surface area contributed by atoms with Gasteiger partial charge in [-0.2, -0.15) is 0 Å². The third kappa shape index (κ3) is 5.13. The van der Waals surface area contributed by atoms with Crippen LogP contribution in [0.3, 0.4) is 0 Å². The fourth-order valence-corrected chi connectivity index (χ4v) is 3.86. The van der Waals surface area contributed by atoms with Crippen molar-refractivity contribution in [3.05, 3.63) is 64.6 Å². The van der Waals surface area contributed by atoms with E-state index in [0.29, 0.717) is 0 Å². The number of aliphatic imine (C=N–C) groups is 2. The molecule has 0 aliphatic heterocycles. The van der Waals surface area contributed by atoms with Crippen LogP contribution >= 0.6 is 0 Å². The van der Waals surface area contributed by atoms with Crippen molar-refractivity contribution < 1.29 is 0 Å². The molecule has 0 spiro atoms. The average Bonchev–Trinajstić information content (AvgIpc) is 3.09. The molecule has 1 unspecified atom stereocenters. The van der Waals surface area contributed by atoms with E-state index in [-0.39, 0.29) is 5.92 Å². The Hall–Kier alpha value is -3.15. The molecule has 0 radical (unpaired) electrons. The van der Waals surface area contributed by atoms with Crippen LogP contribution in [0.1, 0.15) is 62.2 Å². The van der Waals surface area contributed by atoms with Gasteiger partial charge in [-0.25, -0.2) is 4.98 Å². The van der Waals surface area contributed by atoms with Crippen LogP contribution in [-0.2, 0) is 7.05 Å². The van der Waals surface area contributed by atoms with Crippen molar-refractivity contribution in [2.45, 2.75) is 46.5 Å². The van der Waals surface area contributed by atoms with Gasteiger partial charge >= 0.3 is 0 Å². The van der Waals surface area contributed by atoms with Gasteiger partial charge in [-0.3, -0.25) is 9.98 Å².